The molecule has 2 heterocycles. The molecule has 0 saturated carbocycles. The summed E-state index contributed by atoms with van der Waals surface area (Å²) < 4.78 is 44.3. The fraction of sp³-hybridized carbons (Fsp3) is 0.136. The summed E-state index contributed by atoms with van der Waals surface area (Å²) in [5.41, 5.74) is 0.882. The highest BCUT2D eigenvalue weighted by Gasteiger charge is 2.37. The zero-order chi connectivity index (χ0) is 21.4. The lowest BCUT2D eigenvalue weighted by Gasteiger charge is -2.34. The van der Waals surface area contributed by atoms with Gasteiger partial charge in [0, 0.05) is 11.8 Å². The van der Waals surface area contributed by atoms with Crippen LogP contribution in [0.2, 0.25) is 0 Å². The number of carbonyl (C=O) groups excluding carboxylic acids is 1. The minimum atomic E-state index is -3.89. The molecule has 2 aliphatic rings. The average molecular weight is 438 g/mol. The van der Waals surface area contributed by atoms with Crippen molar-refractivity contribution in [2.45, 2.75) is 11.0 Å². The smallest absolute Gasteiger partial charge is 0.267 e. The Morgan fingerprint density at radius 2 is 1.65 bits per heavy atom. The second kappa shape index (κ2) is 7.51. The minimum Gasteiger partial charge on any atom is -0.476 e. The Balaban J connectivity index is 1.44. The summed E-state index contributed by atoms with van der Waals surface area (Å²) in [7, 11) is -3.89. The predicted octanol–water partition coefficient (Wildman–Crippen LogP) is 3.01. The molecule has 0 bridgehead atoms. The van der Waals surface area contributed by atoms with Gasteiger partial charge in [0.15, 0.2) is 17.6 Å². The molecule has 3 aromatic rings. The Labute approximate surface area is 179 Å². The quantitative estimate of drug-likeness (QED) is 0.673. The van der Waals surface area contributed by atoms with Crippen LogP contribution in [0.4, 0.5) is 11.4 Å². The van der Waals surface area contributed by atoms with Crippen LogP contribution in [0.15, 0.2) is 77.7 Å². The molecule has 0 radical (unpaired) electrons. The number of rotatable bonds is 4. The highest BCUT2D eigenvalue weighted by molar-refractivity contribution is 7.92. The lowest BCUT2D eigenvalue weighted by atomic mass is 10.2. The lowest BCUT2D eigenvalue weighted by molar-refractivity contribution is -0.122. The molecule has 1 atom stereocenters. The summed E-state index contributed by atoms with van der Waals surface area (Å²) >= 11 is 0. The first-order valence-corrected chi connectivity index (χ1v) is 11.0. The highest BCUT2D eigenvalue weighted by atomic mass is 32.2. The first-order valence-electron chi connectivity index (χ1n) is 9.56. The van der Waals surface area contributed by atoms with Gasteiger partial charge in [0.25, 0.3) is 15.9 Å². The number of nitrogens with one attached hydrogen (secondary N) is 1. The fourth-order valence-corrected chi connectivity index (χ4v) is 4.98. The standard InChI is InChI=1S/C22H18N2O6S/c25-22(23-15-10-11-19-20(12-15)29-14-28-19)21-13-24(17-8-4-5-9-18(17)30-21)31(26,27)16-6-2-1-3-7-16/h1-12,21H,13-14H2,(H,23,25)/t21-/m1/s1. The van der Waals surface area contributed by atoms with Crippen molar-refractivity contribution in [3.63, 3.8) is 0 Å². The van der Waals surface area contributed by atoms with Gasteiger partial charge >= 0.3 is 0 Å². The number of ether oxygens (including phenoxy) is 3. The van der Waals surface area contributed by atoms with Gasteiger partial charge in [0.05, 0.1) is 17.1 Å². The molecule has 8 nitrogen and oxygen atoms in total. The third kappa shape index (κ3) is 3.53. The van der Waals surface area contributed by atoms with E-state index < -0.39 is 22.0 Å². The van der Waals surface area contributed by atoms with Gasteiger partial charge in [0.2, 0.25) is 6.79 Å². The molecular weight excluding hydrogens is 420 g/mol. The number of nitrogens with zero attached hydrogens (tertiary/aromatic N) is 1. The van der Waals surface area contributed by atoms with Crippen molar-refractivity contribution in [1.82, 2.24) is 0 Å². The van der Waals surface area contributed by atoms with Gasteiger partial charge in [-0.15, -0.1) is 0 Å². The molecule has 0 unspecified atom stereocenters. The Kier molecular flexibility index (Phi) is 4.67. The molecule has 2 aliphatic heterocycles. The summed E-state index contributed by atoms with van der Waals surface area (Å²) in [4.78, 5) is 13.1. The Morgan fingerprint density at radius 1 is 0.903 bits per heavy atom. The number of hydrogen-bond acceptors (Lipinski definition) is 6. The van der Waals surface area contributed by atoms with E-state index in [2.05, 4.69) is 5.32 Å². The van der Waals surface area contributed by atoms with Crippen molar-refractivity contribution in [3.8, 4) is 17.2 Å². The Hall–Kier alpha value is -3.72. The van der Waals surface area contributed by atoms with Crippen molar-refractivity contribution in [3.05, 3.63) is 72.8 Å². The second-order valence-corrected chi connectivity index (χ2v) is 8.84. The fourth-order valence-electron chi connectivity index (χ4n) is 3.48. The van der Waals surface area contributed by atoms with Crippen molar-refractivity contribution < 1.29 is 27.4 Å². The second-order valence-electron chi connectivity index (χ2n) is 6.98. The van der Waals surface area contributed by atoms with Gasteiger partial charge in [0.1, 0.15) is 5.75 Å². The van der Waals surface area contributed by atoms with Crippen molar-refractivity contribution >= 4 is 27.3 Å². The van der Waals surface area contributed by atoms with Gasteiger partial charge in [-0.2, -0.15) is 0 Å². The maximum absolute atomic E-state index is 13.3. The van der Waals surface area contributed by atoms with E-state index >= 15 is 0 Å². The number of para-hydroxylation sites is 2. The average Bonchev–Trinajstić information content (AvgIpc) is 3.27. The SMILES string of the molecule is O=C(Nc1ccc2c(c1)OCO2)[C@H]1CN(S(=O)(=O)c2ccccc2)c2ccccc2O1. The molecule has 0 fully saturated rings. The van der Waals surface area contributed by atoms with E-state index in [1.165, 1.54) is 16.4 Å². The number of fused-ring (bicyclic) bond motifs is 2. The van der Waals surface area contributed by atoms with Gasteiger partial charge in [-0.3, -0.25) is 9.10 Å². The third-order valence-electron chi connectivity index (χ3n) is 5.00. The van der Waals surface area contributed by atoms with Crippen molar-refractivity contribution in [2.24, 2.45) is 0 Å². The third-order valence-corrected chi connectivity index (χ3v) is 6.79. The van der Waals surface area contributed by atoms with E-state index in [0.29, 0.717) is 28.6 Å². The van der Waals surface area contributed by atoms with Crippen LogP contribution in [0, 0.1) is 0 Å². The van der Waals surface area contributed by atoms with E-state index in [9.17, 15) is 13.2 Å². The van der Waals surface area contributed by atoms with Crippen LogP contribution in [0.1, 0.15) is 0 Å². The zero-order valence-corrected chi connectivity index (χ0v) is 17.0. The van der Waals surface area contributed by atoms with Gasteiger partial charge < -0.3 is 19.5 Å². The van der Waals surface area contributed by atoms with Gasteiger partial charge in [-0.25, -0.2) is 8.42 Å². The van der Waals surface area contributed by atoms with Crippen LogP contribution >= 0.6 is 0 Å². The molecule has 158 valence electrons. The van der Waals surface area contributed by atoms with Crippen LogP contribution in [-0.4, -0.2) is 33.8 Å². The van der Waals surface area contributed by atoms with E-state index in [1.54, 1.807) is 60.7 Å². The highest BCUT2D eigenvalue weighted by Crippen LogP contribution is 2.37. The van der Waals surface area contributed by atoms with Gasteiger partial charge in [-0.05, 0) is 36.4 Å². The summed E-state index contributed by atoms with van der Waals surface area (Å²) in [6, 6.07) is 19.9. The number of carbonyl (C=O) groups is 1. The maximum Gasteiger partial charge on any atom is 0.267 e. The lowest BCUT2D eigenvalue weighted by Crippen LogP contribution is -2.48. The molecule has 0 spiro atoms. The summed E-state index contributed by atoms with van der Waals surface area (Å²) in [6.45, 7) is -0.0355. The molecular formula is C22H18N2O6S. The molecule has 31 heavy (non-hydrogen) atoms. The Morgan fingerprint density at radius 3 is 2.48 bits per heavy atom. The number of sulfonamides is 1. The molecule has 5 rings (SSSR count). The minimum absolute atomic E-state index is 0.127. The number of amides is 1. The number of anilines is 2. The van der Waals surface area contributed by atoms with Crippen LogP contribution in [0.25, 0.3) is 0 Å². The number of benzene rings is 3. The van der Waals surface area contributed by atoms with E-state index in [4.69, 9.17) is 14.2 Å². The Bertz CT molecular complexity index is 1250. The number of hydrogen-bond donors (Lipinski definition) is 1. The van der Waals surface area contributed by atoms with Crippen LogP contribution in [-0.2, 0) is 14.8 Å². The van der Waals surface area contributed by atoms with Crippen molar-refractivity contribution in [1.29, 1.82) is 0 Å². The normalized spacial score (nSPS) is 16.9. The monoisotopic (exact) mass is 438 g/mol. The topological polar surface area (TPSA) is 94.2 Å². The van der Waals surface area contributed by atoms with Crippen LogP contribution in [0.3, 0.4) is 0 Å². The van der Waals surface area contributed by atoms with Crippen LogP contribution in [0.5, 0.6) is 17.2 Å². The molecule has 1 amide bonds. The first kappa shape index (κ1) is 19.3. The molecule has 0 aliphatic carbocycles. The summed E-state index contributed by atoms with van der Waals surface area (Å²) in [5, 5.41) is 2.76. The molecule has 0 aromatic heterocycles. The molecule has 3 aromatic carbocycles. The van der Waals surface area contributed by atoms with E-state index in [1.807, 2.05) is 0 Å². The molecule has 0 saturated heterocycles. The summed E-state index contributed by atoms with van der Waals surface area (Å²) in [5.74, 6) is 0.975. The molecule has 9 heteroatoms. The van der Waals surface area contributed by atoms with Crippen molar-refractivity contribution in [2.75, 3.05) is 23.0 Å². The molecule has 1 N–H and O–H groups in total. The van der Waals surface area contributed by atoms with E-state index in [-0.39, 0.29) is 18.2 Å². The predicted molar refractivity (Wildman–Crippen MR) is 113 cm³/mol. The summed E-state index contributed by atoms with van der Waals surface area (Å²) in [6.07, 6.45) is -1.04. The largest absolute Gasteiger partial charge is 0.476 e. The first-order chi connectivity index (χ1) is 15.0. The maximum atomic E-state index is 13.3. The zero-order valence-electron chi connectivity index (χ0n) is 16.2. The van der Waals surface area contributed by atoms with Crippen LogP contribution < -0.4 is 23.8 Å². The van der Waals surface area contributed by atoms with Gasteiger partial charge in [-0.1, -0.05) is 30.3 Å². The van der Waals surface area contributed by atoms with E-state index in [0.717, 1.165) is 0 Å².